The van der Waals surface area contributed by atoms with Gasteiger partial charge in [-0.15, -0.1) is 11.3 Å². The molecule has 1 amide bonds. The summed E-state index contributed by atoms with van der Waals surface area (Å²) >= 11 is 7.27. The molecule has 3 rings (SSSR count). The fourth-order valence-corrected chi connectivity index (χ4v) is 4.70. The largest absolute Gasteiger partial charge is 0.497 e. The number of carbonyl (C=O) groups excluding carboxylic acids is 1. The Balaban J connectivity index is 1.85. The van der Waals surface area contributed by atoms with E-state index in [9.17, 15) is 13.2 Å². The maximum absolute atomic E-state index is 12.5. The van der Waals surface area contributed by atoms with Gasteiger partial charge < -0.3 is 4.74 Å². The molecule has 6 nitrogen and oxygen atoms in total. The minimum absolute atomic E-state index is 0.0749. The van der Waals surface area contributed by atoms with Gasteiger partial charge in [0, 0.05) is 22.3 Å². The molecule has 9 heteroatoms. The summed E-state index contributed by atoms with van der Waals surface area (Å²) in [6, 6.07) is 11.6. The molecule has 0 aliphatic carbocycles. The fourth-order valence-electron chi connectivity index (χ4n) is 2.56. The first-order chi connectivity index (χ1) is 13.2. The summed E-state index contributed by atoms with van der Waals surface area (Å²) < 4.78 is 28.8. The lowest BCUT2D eigenvalue weighted by Gasteiger charge is -2.06. The van der Waals surface area contributed by atoms with Gasteiger partial charge in [-0.25, -0.2) is 13.4 Å². The van der Waals surface area contributed by atoms with Crippen LogP contribution < -0.4 is 10.1 Å². The molecule has 0 unspecified atom stereocenters. The first-order valence-electron chi connectivity index (χ1n) is 8.12. The van der Waals surface area contributed by atoms with Crippen LogP contribution in [0.5, 0.6) is 5.75 Å². The number of hydrogen-bond donors (Lipinski definition) is 1. The zero-order chi connectivity index (χ0) is 20.5. The van der Waals surface area contributed by atoms with Crippen LogP contribution in [0.4, 0.5) is 5.13 Å². The molecule has 28 heavy (non-hydrogen) atoms. The van der Waals surface area contributed by atoms with E-state index in [-0.39, 0.29) is 15.5 Å². The van der Waals surface area contributed by atoms with Crippen LogP contribution >= 0.6 is 22.9 Å². The summed E-state index contributed by atoms with van der Waals surface area (Å²) in [5.74, 6) is 0.283. The quantitative estimate of drug-likeness (QED) is 0.639. The predicted octanol–water partition coefficient (Wildman–Crippen LogP) is 4.44. The van der Waals surface area contributed by atoms with Crippen LogP contribution in [-0.2, 0) is 9.84 Å². The number of anilines is 1. The second-order valence-corrected chi connectivity index (χ2v) is 9.62. The smallest absolute Gasteiger partial charge is 0.257 e. The van der Waals surface area contributed by atoms with Gasteiger partial charge in [0.25, 0.3) is 5.91 Å². The van der Waals surface area contributed by atoms with E-state index in [1.807, 2.05) is 31.2 Å². The molecular weight excluding hydrogens is 420 g/mol. The van der Waals surface area contributed by atoms with Crippen molar-refractivity contribution in [3.63, 3.8) is 0 Å². The van der Waals surface area contributed by atoms with E-state index < -0.39 is 15.7 Å². The van der Waals surface area contributed by atoms with Crippen molar-refractivity contribution in [1.29, 1.82) is 0 Å². The standard InChI is InChI=1S/C19H17ClN2O4S2/c1-11-17(12-4-7-14(26-2)8-5-12)21-19(27-11)22-18(23)13-6-9-15(20)16(10-13)28(3,24)25/h4-10H,1-3H3,(H,21,22,23). The van der Waals surface area contributed by atoms with Crippen LogP contribution in [0.1, 0.15) is 15.2 Å². The number of nitrogens with zero attached hydrogens (tertiary/aromatic N) is 1. The third-order valence-electron chi connectivity index (χ3n) is 3.97. The van der Waals surface area contributed by atoms with E-state index in [4.69, 9.17) is 16.3 Å². The molecule has 0 saturated heterocycles. The summed E-state index contributed by atoms with van der Waals surface area (Å²) in [7, 11) is -1.94. The molecule has 146 valence electrons. The Morgan fingerprint density at radius 3 is 2.46 bits per heavy atom. The SMILES string of the molecule is COc1ccc(-c2nc(NC(=O)c3ccc(Cl)c(S(C)(=O)=O)c3)sc2C)cc1. The van der Waals surface area contributed by atoms with E-state index in [0.717, 1.165) is 28.1 Å². The second-order valence-electron chi connectivity index (χ2n) is 6.02. The van der Waals surface area contributed by atoms with E-state index >= 15 is 0 Å². The maximum atomic E-state index is 12.5. The van der Waals surface area contributed by atoms with Crippen molar-refractivity contribution < 1.29 is 17.9 Å². The predicted molar refractivity (Wildman–Crippen MR) is 111 cm³/mol. The first-order valence-corrected chi connectivity index (χ1v) is 11.2. The van der Waals surface area contributed by atoms with Crippen LogP contribution in [0.2, 0.25) is 5.02 Å². The van der Waals surface area contributed by atoms with E-state index in [2.05, 4.69) is 10.3 Å². The molecule has 0 saturated carbocycles. The number of rotatable bonds is 5. The van der Waals surface area contributed by atoms with E-state index in [1.54, 1.807) is 7.11 Å². The highest BCUT2D eigenvalue weighted by Crippen LogP contribution is 2.32. The van der Waals surface area contributed by atoms with Gasteiger partial charge in [-0.1, -0.05) is 11.6 Å². The first kappa shape index (κ1) is 20.3. The number of benzene rings is 2. The van der Waals surface area contributed by atoms with Crippen LogP contribution in [0.15, 0.2) is 47.4 Å². The molecular formula is C19H17ClN2O4S2. The Kier molecular flexibility index (Phi) is 5.74. The normalized spacial score (nSPS) is 11.3. The molecule has 1 N–H and O–H groups in total. The Bertz CT molecular complexity index is 1140. The van der Waals surface area contributed by atoms with Gasteiger partial charge in [-0.2, -0.15) is 0 Å². The highest BCUT2D eigenvalue weighted by Gasteiger charge is 2.18. The number of carbonyl (C=O) groups is 1. The van der Waals surface area contributed by atoms with Gasteiger partial charge in [0.15, 0.2) is 15.0 Å². The lowest BCUT2D eigenvalue weighted by atomic mass is 10.1. The van der Waals surface area contributed by atoms with E-state index in [0.29, 0.717) is 5.13 Å². The molecule has 2 aromatic carbocycles. The van der Waals surface area contributed by atoms with Crippen molar-refractivity contribution in [2.45, 2.75) is 11.8 Å². The zero-order valence-corrected chi connectivity index (χ0v) is 17.7. The lowest BCUT2D eigenvalue weighted by molar-refractivity contribution is 0.102. The maximum Gasteiger partial charge on any atom is 0.257 e. The molecule has 0 radical (unpaired) electrons. The van der Waals surface area contributed by atoms with Crippen LogP contribution in [0.25, 0.3) is 11.3 Å². The number of methoxy groups -OCH3 is 1. The number of hydrogen-bond acceptors (Lipinski definition) is 6. The summed E-state index contributed by atoms with van der Waals surface area (Å²) in [6.45, 7) is 1.91. The Hall–Kier alpha value is -2.42. The molecule has 0 atom stereocenters. The minimum Gasteiger partial charge on any atom is -0.497 e. The second kappa shape index (κ2) is 7.90. The minimum atomic E-state index is -3.54. The number of aryl methyl sites for hydroxylation is 1. The third kappa shape index (κ3) is 4.35. The van der Waals surface area contributed by atoms with Crippen LogP contribution in [-0.4, -0.2) is 32.7 Å². The van der Waals surface area contributed by atoms with Gasteiger partial charge in [0.1, 0.15) is 5.75 Å². The summed E-state index contributed by atoms with van der Waals surface area (Å²) in [4.78, 5) is 17.9. The molecule has 3 aromatic rings. The van der Waals surface area contributed by atoms with Crippen molar-refractivity contribution in [2.24, 2.45) is 0 Å². The molecule has 0 aliphatic heterocycles. The van der Waals surface area contributed by atoms with E-state index in [1.165, 1.54) is 29.5 Å². The monoisotopic (exact) mass is 436 g/mol. The van der Waals surface area contributed by atoms with Crippen LogP contribution in [0.3, 0.4) is 0 Å². The number of sulfone groups is 1. The average Bonchev–Trinajstić information content (AvgIpc) is 3.01. The Labute approximate surface area is 172 Å². The van der Waals surface area contributed by atoms with Crippen molar-refractivity contribution in [1.82, 2.24) is 4.98 Å². The molecule has 0 bridgehead atoms. The highest BCUT2D eigenvalue weighted by atomic mass is 35.5. The highest BCUT2D eigenvalue weighted by molar-refractivity contribution is 7.90. The molecule has 0 fully saturated rings. The average molecular weight is 437 g/mol. The zero-order valence-electron chi connectivity index (χ0n) is 15.3. The Morgan fingerprint density at radius 2 is 1.86 bits per heavy atom. The molecule has 1 aromatic heterocycles. The van der Waals surface area contributed by atoms with Gasteiger partial charge in [0.05, 0.1) is 22.7 Å². The Morgan fingerprint density at radius 1 is 1.18 bits per heavy atom. The molecule has 0 aliphatic rings. The number of ether oxygens (including phenoxy) is 1. The number of nitrogens with one attached hydrogen (secondary N) is 1. The summed E-state index contributed by atoms with van der Waals surface area (Å²) in [5.41, 5.74) is 1.85. The summed E-state index contributed by atoms with van der Waals surface area (Å²) in [5, 5.41) is 3.21. The van der Waals surface area contributed by atoms with Crippen LogP contribution in [0, 0.1) is 6.92 Å². The molecule has 1 heterocycles. The van der Waals surface area contributed by atoms with Gasteiger partial charge in [-0.3, -0.25) is 10.1 Å². The fraction of sp³-hybridized carbons (Fsp3) is 0.158. The molecule has 0 spiro atoms. The number of amides is 1. The van der Waals surface area contributed by atoms with Crippen molar-refractivity contribution in [3.05, 3.63) is 57.9 Å². The number of aromatic nitrogens is 1. The lowest BCUT2D eigenvalue weighted by Crippen LogP contribution is -2.12. The number of thiazole rings is 1. The topological polar surface area (TPSA) is 85.4 Å². The number of halogens is 1. The van der Waals surface area contributed by atoms with Crippen molar-refractivity contribution in [2.75, 3.05) is 18.7 Å². The van der Waals surface area contributed by atoms with Crippen molar-refractivity contribution >= 4 is 43.8 Å². The van der Waals surface area contributed by atoms with Gasteiger partial charge in [-0.05, 0) is 49.4 Å². The van der Waals surface area contributed by atoms with Gasteiger partial charge >= 0.3 is 0 Å². The third-order valence-corrected chi connectivity index (χ3v) is 6.44. The van der Waals surface area contributed by atoms with Gasteiger partial charge in [0.2, 0.25) is 0 Å². The van der Waals surface area contributed by atoms with Crippen molar-refractivity contribution in [3.8, 4) is 17.0 Å². The summed E-state index contributed by atoms with van der Waals surface area (Å²) in [6.07, 6.45) is 1.04.